The molecule has 23 heavy (non-hydrogen) atoms. The summed E-state index contributed by atoms with van der Waals surface area (Å²) >= 11 is 0. The van der Waals surface area contributed by atoms with E-state index in [4.69, 9.17) is 0 Å². The van der Waals surface area contributed by atoms with Crippen molar-refractivity contribution in [3.63, 3.8) is 0 Å². The van der Waals surface area contributed by atoms with E-state index in [9.17, 15) is 4.79 Å². The zero-order chi connectivity index (χ0) is 17.4. The van der Waals surface area contributed by atoms with Gasteiger partial charge in [-0.3, -0.25) is 4.79 Å². The number of rotatable bonds is 11. The van der Waals surface area contributed by atoms with Gasteiger partial charge in [0.05, 0.1) is 7.11 Å². The Morgan fingerprint density at radius 1 is 1.00 bits per heavy atom. The number of hydrogen-bond donors (Lipinski definition) is 0. The summed E-state index contributed by atoms with van der Waals surface area (Å²) in [6.45, 7) is 6.87. The molecule has 130 valence electrons. The first-order valence-electron chi connectivity index (χ1n) is 9.01. The molecule has 0 spiro atoms. The third-order valence-corrected chi connectivity index (χ3v) is 9.21. The van der Waals surface area contributed by atoms with Gasteiger partial charge in [0, 0.05) is 12.8 Å². The first kappa shape index (κ1) is 21.7. The highest BCUT2D eigenvalue weighted by Crippen LogP contribution is 2.18. The van der Waals surface area contributed by atoms with E-state index in [1.54, 1.807) is 0 Å². The van der Waals surface area contributed by atoms with Gasteiger partial charge in [0.15, 0.2) is 0 Å². The van der Waals surface area contributed by atoms with Gasteiger partial charge in [-0.1, -0.05) is 45.1 Å². The minimum Gasteiger partial charge on any atom is -0.469 e. The molecule has 2 nitrogen and oxygen atoms in total. The summed E-state index contributed by atoms with van der Waals surface area (Å²) in [7, 11) is 0.174. The standard InChI is InChI=1S/C20H34O2Si/c1-5-23(6-2,7-3)19-17-15-13-11-9-8-10-12-14-16-18-20(21)22-4/h8,10-11,13H,5-7,9,12,14-16,18H2,1-4H3. The SMILES string of the molecule is CC[Si](C#CCC=CCC=CCCCCC(=O)OC)(CC)CC. The van der Waals surface area contributed by atoms with E-state index in [2.05, 4.69) is 61.3 Å². The Morgan fingerprint density at radius 3 is 2.26 bits per heavy atom. The van der Waals surface area contributed by atoms with Gasteiger partial charge in [0.25, 0.3) is 0 Å². The van der Waals surface area contributed by atoms with Gasteiger partial charge in [-0.25, -0.2) is 0 Å². The van der Waals surface area contributed by atoms with E-state index >= 15 is 0 Å². The summed E-state index contributed by atoms with van der Waals surface area (Å²) in [6, 6.07) is 3.82. The molecule has 3 heteroatoms. The highest BCUT2D eigenvalue weighted by Gasteiger charge is 2.23. The molecule has 0 amide bonds. The third kappa shape index (κ3) is 11.0. The smallest absolute Gasteiger partial charge is 0.305 e. The van der Waals surface area contributed by atoms with Gasteiger partial charge >= 0.3 is 5.97 Å². The summed E-state index contributed by atoms with van der Waals surface area (Å²) in [5.74, 6) is 3.26. The number of carbonyl (C=O) groups excluding carboxylic acids is 1. The van der Waals surface area contributed by atoms with Gasteiger partial charge in [0.1, 0.15) is 8.07 Å². The Kier molecular flexibility index (Phi) is 13.5. The molecule has 0 saturated carbocycles. The molecule has 0 saturated heterocycles. The second-order valence-electron chi connectivity index (χ2n) is 5.85. The molecule has 0 radical (unpaired) electrons. The van der Waals surface area contributed by atoms with E-state index in [1.165, 1.54) is 25.2 Å². The predicted octanol–water partition coefficient (Wildman–Crippen LogP) is 5.66. The average Bonchev–Trinajstić information content (AvgIpc) is 2.59. The van der Waals surface area contributed by atoms with Gasteiger partial charge in [0.2, 0.25) is 0 Å². The van der Waals surface area contributed by atoms with Crippen molar-refractivity contribution in [2.24, 2.45) is 0 Å². The third-order valence-electron chi connectivity index (χ3n) is 4.44. The summed E-state index contributed by atoms with van der Waals surface area (Å²) in [4.78, 5) is 10.9. The van der Waals surface area contributed by atoms with Crippen molar-refractivity contribution in [2.45, 2.75) is 77.4 Å². The Morgan fingerprint density at radius 2 is 1.65 bits per heavy atom. The molecule has 0 N–H and O–H groups in total. The van der Waals surface area contributed by atoms with Crippen LogP contribution in [0.4, 0.5) is 0 Å². The van der Waals surface area contributed by atoms with Crippen molar-refractivity contribution in [2.75, 3.05) is 7.11 Å². The minimum absolute atomic E-state index is 0.112. The van der Waals surface area contributed by atoms with E-state index in [0.29, 0.717) is 6.42 Å². The lowest BCUT2D eigenvalue weighted by atomic mass is 10.2. The summed E-state index contributed by atoms with van der Waals surface area (Å²) in [6.07, 6.45) is 14.1. The zero-order valence-electron chi connectivity index (χ0n) is 15.5. The first-order chi connectivity index (χ1) is 11.1. The Hall–Kier alpha value is -1.27. The fourth-order valence-corrected chi connectivity index (χ4v) is 4.93. The predicted molar refractivity (Wildman–Crippen MR) is 103 cm³/mol. The van der Waals surface area contributed by atoms with Gasteiger partial charge in [-0.05, 0) is 43.8 Å². The number of esters is 1. The number of ether oxygens (including phenoxy) is 1. The molecule has 0 aliphatic rings. The lowest BCUT2D eigenvalue weighted by Crippen LogP contribution is -2.29. The molecule has 0 atom stereocenters. The topological polar surface area (TPSA) is 26.3 Å². The molecule has 0 aromatic heterocycles. The molecule has 0 aliphatic carbocycles. The van der Waals surface area contributed by atoms with E-state index in [1.807, 2.05) is 0 Å². The largest absolute Gasteiger partial charge is 0.469 e. The highest BCUT2D eigenvalue weighted by atomic mass is 28.3. The number of hydrogen-bond acceptors (Lipinski definition) is 2. The average molecular weight is 335 g/mol. The van der Waals surface area contributed by atoms with E-state index in [-0.39, 0.29) is 5.97 Å². The maximum atomic E-state index is 10.9. The minimum atomic E-state index is -1.26. The number of unbranched alkanes of at least 4 members (excludes halogenated alkanes) is 2. The van der Waals surface area contributed by atoms with Gasteiger partial charge in [-0.2, -0.15) is 0 Å². The first-order valence-corrected chi connectivity index (χ1v) is 11.6. The molecule has 0 unspecified atom stereocenters. The van der Waals surface area contributed by atoms with Crippen molar-refractivity contribution in [1.82, 2.24) is 0 Å². The Labute approximate surface area is 144 Å². The van der Waals surface area contributed by atoms with Crippen LogP contribution < -0.4 is 0 Å². The Bertz CT molecular complexity index is 414. The van der Waals surface area contributed by atoms with Crippen LogP contribution in [0.5, 0.6) is 0 Å². The molecule has 0 heterocycles. The zero-order valence-corrected chi connectivity index (χ0v) is 16.5. The normalized spacial score (nSPS) is 11.7. The highest BCUT2D eigenvalue weighted by molar-refractivity contribution is 6.87. The number of carbonyl (C=O) groups is 1. The molecule has 0 aromatic carbocycles. The van der Waals surface area contributed by atoms with Crippen molar-refractivity contribution >= 4 is 14.0 Å². The lowest BCUT2D eigenvalue weighted by Gasteiger charge is -2.19. The van der Waals surface area contributed by atoms with Crippen molar-refractivity contribution in [1.29, 1.82) is 0 Å². The maximum Gasteiger partial charge on any atom is 0.305 e. The number of allylic oxidation sites excluding steroid dienone is 4. The molecule has 0 aliphatic heterocycles. The summed E-state index contributed by atoms with van der Waals surface area (Å²) in [5.41, 5.74) is 3.60. The quantitative estimate of drug-likeness (QED) is 0.160. The molecule has 0 bridgehead atoms. The van der Waals surface area contributed by atoms with Crippen LogP contribution in [0.3, 0.4) is 0 Å². The maximum absolute atomic E-state index is 10.9. The second-order valence-corrected chi connectivity index (χ2v) is 10.8. The van der Waals surface area contributed by atoms with Crippen LogP contribution >= 0.6 is 0 Å². The van der Waals surface area contributed by atoms with Crippen molar-refractivity contribution < 1.29 is 9.53 Å². The fraction of sp³-hybridized carbons (Fsp3) is 0.650. The molecule has 0 aromatic rings. The monoisotopic (exact) mass is 334 g/mol. The molecule has 0 fully saturated rings. The van der Waals surface area contributed by atoms with Gasteiger partial charge in [-0.15, -0.1) is 11.5 Å². The summed E-state index contributed by atoms with van der Waals surface area (Å²) in [5, 5.41) is 0. The van der Waals surface area contributed by atoms with E-state index < -0.39 is 8.07 Å². The van der Waals surface area contributed by atoms with Crippen molar-refractivity contribution in [3.05, 3.63) is 24.3 Å². The van der Waals surface area contributed by atoms with E-state index in [0.717, 1.165) is 32.1 Å². The van der Waals surface area contributed by atoms with Crippen LogP contribution in [0.2, 0.25) is 18.1 Å². The number of methoxy groups -OCH3 is 1. The lowest BCUT2D eigenvalue weighted by molar-refractivity contribution is -0.140. The fourth-order valence-electron chi connectivity index (χ4n) is 2.42. The summed E-state index contributed by atoms with van der Waals surface area (Å²) < 4.78 is 4.61. The van der Waals surface area contributed by atoms with Crippen molar-refractivity contribution in [3.8, 4) is 11.5 Å². The van der Waals surface area contributed by atoms with Crippen LogP contribution in [0.25, 0.3) is 0 Å². The van der Waals surface area contributed by atoms with Crippen LogP contribution in [-0.4, -0.2) is 21.2 Å². The van der Waals surface area contributed by atoms with Gasteiger partial charge < -0.3 is 4.74 Å². The van der Waals surface area contributed by atoms with Crippen LogP contribution in [0.1, 0.15) is 59.3 Å². The van der Waals surface area contributed by atoms with Crippen LogP contribution in [-0.2, 0) is 9.53 Å². The van der Waals surface area contributed by atoms with Crippen LogP contribution in [0.15, 0.2) is 24.3 Å². The molecular formula is C20H34O2Si. The molecule has 0 rings (SSSR count). The van der Waals surface area contributed by atoms with Crippen LogP contribution in [0, 0.1) is 11.5 Å². The second kappa shape index (κ2) is 14.3. The molecular weight excluding hydrogens is 300 g/mol. The Balaban J connectivity index is 3.80.